The molecule has 0 aromatic carbocycles. The van der Waals surface area contributed by atoms with E-state index in [1.165, 1.54) is 12.4 Å². The topological polar surface area (TPSA) is 130 Å². The Labute approximate surface area is 203 Å². The number of allylic oxidation sites excluding steroid dienone is 1. The number of amides is 1. The van der Waals surface area contributed by atoms with E-state index in [-0.39, 0.29) is 32.2 Å². The summed E-state index contributed by atoms with van der Waals surface area (Å²) in [6, 6.07) is 3.36. The minimum atomic E-state index is -0.605. The normalized spacial score (nSPS) is 11.4. The van der Waals surface area contributed by atoms with Gasteiger partial charge in [0.2, 0.25) is 11.9 Å². The Bertz CT molecular complexity index is 995. The predicted molar refractivity (Wildman–Crippen MR) is 136 cm³/mol. The first kappa shape index (κ1) is 28.5. The minimum Gasteiger partial charge on any atom is -0.460 e. The first-order valence-corrected chi connectivity index (χ1v) is 11.4. The molecule has 1 amide bonds. The standard InChI is InChI=1S/C23H31N5O4.C2H6.H2/c1-7-17(27-13-18(29)28-22-25-9-8-10-26-22)16-11-15(12-19(30)32-23(4,5)6)31-21(16)20(24)14(2)3;1-2;/h7-11,14,24,27H,12-13H2,1-6H3,(H,25,26,28,29);1-2H3;1H/b17-7+,24-20?;;. The number of rotatable bonds is 9. The van der Waals surface area contributed by atoms with Crippen molar-refractivity contribution in [3.63, 3.8) is 0 Å². The van der Waals surface area contributed by atoms with Crippen molar-refractivity contribution in [3.05, 3.63) is 47.7 Å². The summed E-state index contributed by atoms with van der Waals surface area (Å²) in [7, 11) is 0. The number of esters is 1. The van der Waals surface area contributed by atoms with Crippen LogP contribution in [0.3, 0.4) is 0 Å². The van der Waals surface area contributed by atoms with Gasteiger partial charge in [0.15, 0.2) is 5.76 Å². The third-order valence-corrected chi connectivity index (χ3v) is 4.18. The Balaban J connectivity index is 0.00000375. The SMILES string of the molecule is C/C=C(/NCC(=O)Nc1ncccn1)c1cc(CC(=O)OC(C)(C)C)oc1C(=N)C(C)C.CC.[HH]. The Kier molecular flexibility index (Phi) is 11.1. The summed E-state index contributed by atoms with van der Waals surface area (Å²) in [5, 5.41) is 14.1. The van der Waals surface area contributed by atoms with Crippen LogP contribution in [-0.2, 0) is 20.7 Å². The molecule has 0 spiro atoms. The highest BCUT2D eigenvalue weighted by molar-refractivity contribution is 6.01. The van der Waals surface area contributed by atoms with Gasteiger partial charge >= 0.3 is 5.97 Å². The number of ether oxygens (including phenoxy) is 1. The lowest BCUT2D eigenvalue weighted by Gasteiger charge is -2.18. The van der Waals surface area contributed by atoms with Crippen LogP contribution in [0.5, 0.6) is 0 Å². The highest BCUT2D eigenvalue weighted by Gasteiger charge is 2.23. The maximum absolute atomic E-state index is 12.3. The Morgan fingerprint density at radius 1 is 1.24 bits per heavy atom. The summed E-state index contributed by atoms with van der Waals surface area (Å²) in [5.41, 5.74) is 0.896. The maximum atomic E-state index is 12.3. The van der Waals surface area contributed by atoms with E-state index in [2.05, 4.69) is 20.6 Å². The van der Waals surface area contributed by atoms with Gasteiger partial charge in [-0.1, -0.05) is 33.8 Å². The van der Waals surface area contributed by atoms with E-state index in [4.69, 9.17) is 14.6 Å². The highest BCUT2D eigenvalue weighted by atomic mass is 16.6. The van der Waals surface area contributed by atoms with Gasteiger partial charge in [-0.25, -0.2) is 9.97 Å². The molecule has 0 aliphatic heterocycles. The van der Waals surface area contributed by atoms with Gasteiger partial charge in [-0.05, 0) is 45.7 Å². The average Bonchev–Trinajstić information content (AvgIpc) is 3.17. The number of carbonyl (C=O) groups excluding carboxylic acids is 2. The molecule has 2 heterocycles. The van der Waals surface area contributed by atoms with Crippen molar-refractivity contribution in [1.82, 2.24) is 15.3 Å². The van der Waals surface area contributed by atoms with E-state index in [1.54, 1.807) is 39.0 Å². The van der Waals surface area contributed by atoms with Gasteiger partial charge in [0.25, 0.3) is 0 Å². The van der Waals surface area contributed by atoms with Gasteiger partial charge in [0.1, 0.15) is 17.8 Å². The third-order valence-electron chi connectivity index (χ3n) is 4.18. The van der Waals surface area contributed by atoms with Crippen molar-refractivity contribution < 1.29 is 20.2 Å². The summed E-state index contributed by atoms with van der Waals surface area (Å²) in [6.45, 7) is 14.9. The third kappa shape index (κ3) is 9.17. The lowest BCUT2D eigenvalue weighted by atomic mass is 10.0. The molecule has 188 valence electrons. The van der Waals surface area contributed by atoms with Crippen LogP contribution < -0.4 is 10.6 Å². The molecule has 0 aliphatic rings. The second-order valence-corrected chi connectivity index (χ2v) is 8.46. The van der Waals surface area contributed by atoms with Gasteiger partial charge in [-0.3, -0.25) is 14.9 Å². The molecular weight excluding hydrogens is 434 g/mol. The van der Waals surface area contributed by atoms with Crippen molar-refractivity contribution in [2.75, 3.05) is 11.9 Å². The van der Waals surface area contributed by atoms with Crippen LogP contribution in [0.4, 0.5) is 5.95 Å². The fourth-order valence-electron chi connectivity index (χ4n) is 2.77. The van der Waals surface area contributed by atoms with Crippen molar-refractivity contribution in [2.24, 2.45) is 5.92 Å². The summed E-state index contributed by atoms with van der Waals surface area (Å²) in [5.74, 6) is 0.118. The monoisotopic (exact) mass is 473 g/mol. The number of hydrogen-bond donors (Lipinski definition) is 3. The van der Waals surface area contributed by atoms with Crippen LogP contribution in [0.15, 0.2) is 35.0 Å². The zero-order valence-electron chi connectivity index (χ0n) is 21.4. The zero-order chi connectivity index (χ0) is 25.9. The summed E-state index contributed by atoms with van der Waals surface area (Å²) >= 11 is 0. The highest BCUT2D eigenvalue weighted by Crippen LogP contribution is 2.26. The molecule has 0 unspecified atom stereocenters. The molecule has 0 saturated heterocycles. The van der Waals surface area contributed by atoms with Crippen LogP contribution in [0.2, 0.25) is 0 Å². The van der Waals surface area contributed by atoms with E-state index in [0.717, 1.165) is 0 Å². The maximum Gasteiger partial charge on any atom is 0.314 e. The van der Waals surface area contributed by atoms with Crippen LogP contribution in [0.1, 0.15) is 73.9 Å². The van der Waals surface area contributed by atoms with Crippen LogP contribution >= 0.6 is 0 Å². The average molecular weight is 474 g/mol. The first-order chi connectivity index (χ1) is 16.0. The van der Waals surface area contributed by atoms with Crippen LogP contribution in [0.25, 0.3) is 5.70 Å². The minimum absolute atomic E-state index is 0. The van der Waals surface area contributed by atoms with E-state index in [9.17, 15) is 9.59 Å². The smallest absolute Gasteiger partial charge is 0.314 e. The predicted octanol–water partition coefficient (Wildman–Crippen LogP) is 4.84. The van der Waals surface area contributed by atoms with E-state index < -0.39 is 11.6 Å². The Morgan fingerprint density at radius 2 is 1.85 bits per heavy atom. The number of carbonyl (C=O) groups is 2. The number of furan rings is 1. The van der Waals surface area contributed by atoms with Gasteiger partial charge in [-0.15, -0.1) is 0 Å². The number of anilines is 1. The summed E-state index contributed by atoms with van der Waals surface area (Å²) in [4.78, 5) is 32.4. The lowest BCUT2D eigenvalue weighted by Crippen LogP contribution is -2.28. The summed E-state index contributed by atoms with van der Waals surface area (Å²) < 4.78 is 11.3. The summed E-state index contributed by atoms with van der Waals surface area (Å²) in [6.07, 6.45) is 4.80. The molecule has 0 atom stereocenters. The van der Waals surface area contributed by atoms with Gasteiger partial charge in [0, 0.05) is 25.1 Å². The molecule has 0 bridgehead atoms. The molecule has 34 heavy (non-hydrogen) atoms. The molecule has 0 saturated carbocycles. The quantitative estimate of drug-likeness (QED) is 0.351. The lowest BCUT2D eigenvalue weighted by molar-refractivity contribution is -0.154. The molecule has 0 radical (unpaired) electrons. The molecule has 3 N–H and O–H groups in total. The molecule has 0 fully saturated rings. The Morgan fingerprint density at radius 3 is 2.38 bits per heavy atom. The number of hydrogen-bond acceptors (Lipinski definition) is 8. The van der Waals surface area contributed by atoms with Gasteiger partial charge < -0.3 is 19.9 Å². The van der Waals surface area contributed by atoms with Gasteiger partial charge in [0.05, 0.1) is 12.3 Å². The number of nitrogens with zero attached hydrogens (tertiary/aromatic N) is 2. The number of aromatic nitrogens is 2. The van der Waals surface area contributed by atoms with E-state index in [0.29, 0.717) is 28.5 Å². The van der Waals surface area contributed by atoms with E-state index in [1.807, 2.05) is 34.6 Å². The largest absolute Gasteiger partial charge is 0.460 e. The van der Waals surface area contributed by atoms with Crippen molar-refractivity contribution in [3.8, 4) is 0 Å². The molecule has 2 aromatic rings. The number of nitrogens with one attached hydrogen (secondary N) is 3. The molecular formula is C25H39N5O4. The molecule has 2 aromatic heterocycles. The first-order valence-electron chi connectivity index (χ1n) is 11.4. The fourth-order valence-corrected chi connectivity index (χ4v) is 2.77. The second kappa shape index (κ2) is 13.3. The zero-order valence-corrected chi connectivity index (χ0v) is 21.4. The molecule has 2 rings (SSSR count). The van der Waals surface area contributed by atoms with Crippen molar-refractivity contribution in [2.45, 2.75) is 67.4 Å². The fraction of sp³-hybridized carbons (Fsp3) is 0.480. The van der Waals surface area contributed by atoms with Crippen LogP contribution in [-0.4, -0.2) is 39.7 Å². The second-order valence-electron chi connectivity index (χ2n) is 8.46. The Hall–Kier alpha value is -3.49. The van der Waals surface area contributed by atoms with Crippen molar-refractivity contribution in [1.29, 1.82) is 5.41 Å². The molecule has 0 aliphatic carbocycles. The molecule has 9 heteroatoms. The van der Waals surface area contributed by atoms with Crippen molar-refractivity contribution >= 4 is 29.2 Å². The van der Waals surface area contributed by atoms with E-state index >= 15 is 0 Å². The molecule has 9 nitrogen and oxygen atoms in total. The van der Waals surface area contributed by atoms with Gasteiger partial charge in [-0.2, -0.15) is 0 Å². The van der Waals surface area contributed by atoms with Crippen LogP contribution in [0, 0.1) is 11.3 Å².